The predicted octanol–water partition coefficient (Wildman–Crippen LogP) is 2.09. The van der Waals surface area contributed by atoms with E-state index in [1.165, 1.54) is 0 Å². The molecule has 0 saturated carbocycles. The molecular weight excluding hydrogens is 348 g/mol. The Kier molecular flexibility index (Phi) is 5.58. The number of methoxy groups -OCH3 is 1. The molecule has 1 aliphatic heterocycles. The Balaban J connectivity index is 2.12. The third-order valence-electron chi connectivity index (χ3n) is 4.03. The van der Waals surface area contributed by atoms with Crippen LogP contribution >= 0.6 is 15.9 Å². The zero-order valence-corrected chi connectivity index (χ0v) is 14.5. The Morgan fingerprint density at radius 2 is 2.27 bits per heavy atom. The van der Waals surface area contributed by atoms with Crippen LogP contribution in [0.5, 0.6) is 0 Å². The molecule has 0 aromatic heterocycles. The van der Waals surface area contributed by atoms with E-state index < -0.39 is 5.54 Å². The number of halogens is 1. The smallest absolute Gasteiger partial charge is 0.245 e. The Morgan fingerprint density at radius 3 is 2.95 bits per heavy atom. The molecule has 0 aliphatic carbocycles. The molecule has 1 aromatic rings. The lowest BCUT2D eigenvalue weighted by Gasteiger charge is -2.34. The van der Waals surface area contributed by atoms with Crippen molar-refractivity contribution in [2.45, 2.75) is 31.8 Å². The molecule has 1 saturated heterocycles. The van der Waals surface area contributed by atoms with Crippen LogP contribution in [0.15, 0.2) is 28.7 Å². The number of likely N-dealkylation sites (tertiary alicyclic amines) is 1. The van der Waals surface area contributed by atoms with Crippen LogP contribution in [0.2, 0.25) is 0 Å². The maximum absolute atomic E-state index is 12.5. The summed E-state index contributed by atoms with van der Waals surface area (Å²) in [6, 6.07) is 7.79. The van der Waals surface area contributed by atoms with Crippen LogP contribution in [-0.2, 0) is 20.9 Å². The first-order valence-corrected chi connectivity index (χ1v) is 8.09. The number of rotatable bonds is 6. The molecule has 1 fully saturated rings. The summed E-state index contributed by atoms with van der Waals surface area (Å²) >= 11 is 3.43. The summed E-state index contributed by atoms with van der Waals surface area (Å²) in [7, 11) is 1.59. The summed E-state index contributed by atoms with van der Waals surface area (Å²) in [6.07, 6.45) is 0.945. The van der Waals surface area contributed by atoms with Crippen LogP contribution in [0.1, 0.15) is 25.3 Å². The molecule has 1 N–H and O–H groups in total. The Bertz CT molecular complexity index is 564. The van der Waals surface area contributed by atoms with Crippen molar-refractivity contribution in [2.24, 2.45) is 0 Å². The molecule has 6 heteroatoms. The topological polar surface area (TPSA) is 58.6 Å². The second-order valence-corrected chi connectivity index (χ2v) is 6.55. The standard InChI is InChI=1S/C16H21BrN2O3/c1-16(15(21)18-8-9-22-2)7-6-14(20)19(16)11-12-4-3-5-13(17)10-12/h3-5,10H,6-9,11H2,1-2H3,(H,18,21). The molecule has 0 spiro atoms. The molecule has 1 atom stereocenters. The Hall–Kier alpha value is -1.40. The molecule has 1 unspecified atom stereocenters. The Morgan fingerprint density at radius 1 is 1.50 bits per heavy atom. The van der Waals surface area contributed by atoms with Gasteiger partial charge in [-0.2, -0.15) is 0 Å². The van der Waals surface area contributed by atoms with Gasteiger partial charge in [-0.05, 0) is 31.0 Å². The van der Waals surface area contributed by atoms with Crippen molar-refractivity contribution in [1.82, 2.24) is 10.2 Å². The van der Waals surface area contributed by atoms with Gasteiger partial charge in [-0.3, -0.25) is 9.59 Å². The number of carbonyl (C=O) groups is 2. The van der Waals surface area contributed by atoms with Gasteiger partial charge in [-0.15, -0.1) is 0 Å². The van der Waals surface area contributed by atoms with Gasteiger partial charge in [0.2, 0.25) is 11.8 Å². The lowest BCUT2D eigenvalue weighted by molar-refractivity contribution is -0.141. The summed E-state index contributed by atoms with van der Waals surface area (Å²) in [4.78, 5) is 26.4. The van der Waals surface area contributed by atoms with Gasteiger partial charge in [0.1, 0.15) is 5.54 Å². The highest BCUT2D eigenvalue weighted by Crippen LogP contribution is 2.32. The van der Waals surface area contributed by atoms with Gasteiger partial charge in [0.25, 0.3) is 0 Å². The number of ether oxygens (including phenoxy) is 1. The maximum atomic E-state index is 12.5. The summed E-state index contributed by atoms with van der Waals surface area (Å²) in [5.74, 6) is -0.102. The minimum absolute atomic E-state index is 0.0179. The molecule has 5 nitrogen and oxygen atoms in total. The van der Waals surface area contributed by atoms with Crippen molar-refractivity contribution in [1.29, 1.82) is 0 Å². The summed E-state index contributed by atoms with van der Waals surface area (Å²) in [6.45, 7) is 3.18. The van der Waals surface area contributed by atoms with Crippen molar-refractivity contribution in [3.8, 4) is 0 Å². The first kappa shape index (κ1) is 17.0. The monoisotopic (exact) mass is 368 g/mol. The lowest BCUT2D eigenvalue weighted by Crippen LogP contribution is -2.54. The van der Waals surface area contributed by atoms with Gasteiger partial charge in [-0.1, -0.05) is 28.1 Å². The number of hydrogen-bond acceptors (Lipinski definition) is 3. The van der Waals surface area contributed by atoms with Crippen LogP contribution in [-0.4, -0.2) is 42.5 Å². The largest absolute Gasteiger partial charge is 0.383 e. The molecule has 0 bridgehead atoms. The number of amides is 2. The lowest BCUT2D eigenvalue weighted by atomic mass is 9.97. The van der Waals surface area contributed by atoms with Crippen LogP contribution in [0.25, 0.3) is 0 Å². The van der Waals surface area contributed by atoms with Crippen molar-refractivity contribution < 1.29 is 14.3 Å². The first-order valence-electron chi connectivity index (χ1n) is 7.29. The minimum Gasteiger partial charge on any atom is -0.383 e. The van der Waals surface area contributed by atoms with Gasteiger partial charge in [0.05, 0.1) is 6.61 Å². The van der Waals surface area contributed by atoms with Crippen molar-refractivity contribution in [3.05, 3.63) is 34.3 Å². The fourth-order valence-corrected chi connectivity index (χ4v) is 3.12. The zero-order valence-electron chi connectivity index (χ0n) is 12.9. The van der Waals surface area contributed by atoms with E-state index in [9.17, 15) is 9.59 Å². The normalized spacial score (nSPS) is 21.2. The van der Waals surface area contributed by atoms with E-state index in [2.05, 4.69) is 21.2 Å². The van der Waals surface area contributed by atoms with Gasteiger partial charge in [0.15, 0.2) is 0 Å². The van der Waals surface area contributed by atoms with E-state index in [-0.39, 0.29) is 11.8 Å². The van der Waals surface area contributed by atoms with E-state index in [0.717, 1.165) is 10.0 Å². The first-order chi connectivity index (χ1) is 10.5. The molecule has 0 radical (unpaired) electrons. The van der Waals surface area contributed by atoms with E-state index in [4.69, 9.17) is 4.74 Å². The molecule has 120 valence electrons. The minimum atomic E-state index is -0.798. The van der Waals surface area contributed by atoms with Gasteiger partial charge >= 0.3 is 0 Å². The SMILES string of the molecule is COCCNC(=O)C1(C)CCC(=O)N1Cc1cccc(Br)c1. The van der Waals surface area contributed by atoms with E-state index in [1.54, 1.807) is 12.0 Å². The third-order valence-corrected chi connectivity index (χ3v) is 4.53. The average Bonchev–Trinajstić information content (AvgIpc) is 2.77. The predicted molar refractivity (Wildman–Crippen MR) is 87.2 cm³/mol. The quantitative estimate of drug-likeness (QED) is 0.782. The van der Waals surface area contributed by atoms with Crippen LogP contribution in [0.4, 0.5) is 0 Å². The molecule has 1 heterocycles. The van der Waals surface area contributed by atoms with Crippen LogP contribution in [0.3, 0.4) is 0 Å². The fraction of sp³-hybridized carbons (Fsp3) is 0.500. The van der Waals surface area contributed by atoms with Crippen molar-refractivity contribution in [3.63, 3.8) is 0 Å². The average molecular weight is 369 g/mol. The van der Waals surface area contributed by atoms with Crippen LogP contribution < -0.4 is 5.32 Å². The molecule has 22 heavy (non-hydrogen) atoms. The van der Waals surface area contributed by atoms with Crippen molar-refractivity contribution >= 4 is 27.7 Å². The molecule has 2 rings (SSSR count). The highest BCUT2D eigenvalue weighted by Gasteiger charge is 2.46. The van der Waals surface area contributed by atoms with Gasteiger partial charge in [0, 0.05) is 31.1 Å². The number of nitrogens with one attached hydrogen (secondary N) is 1. The highest BCUT2D eigenvalue weighted by atomic mass is 79.9. The highest BCUT2D eigenvalue weighted by molar-refractivity contribution is 9.10. The number of benzene rings is 1. The fourth-order valence-electron chi connectivity index (χ4n) is 2.67. The maximum Gasteiger partial charge on any atom is 0.245 e. The van der Waals surface area contributed by atoms with Crippen molar-refractivity contribution in [2.75, 3.05) is 20.3 Å². The summed E-state index contributed by atoms with van der Waals surface area (Å²) in [5, 5.41) is 2.85. The van der Waals surface area contributed by atoms with Gasteiger partial charge in [-0.25, -0.2) is 0 Å². The second-order valence-electron chi connectivity index (χ2n) is 5.63. The third kappa shape index (κ3) is 3.67. The molecule has 1 aliphatic rings. The molecule has 1 aromatic carbocycles. The number of hydrogen-bond donors (Lipinski definition) is 1. The van der Waals surface area contributed by atoms with Gasteiger partial charge < -0.3 is 15.0 Å². The van der Waals surface area contributed by atoms with E-state index in [1.807, 2.05) is 31.2 Å². The summed E-state index contributed by atoms with van der Waals surface area (Å²) in [5.41, 5.74) is 0.202. The summed E-state index contributed by atoms with van der Waals surface area (Å²) < 4.78 is 5.91. The second kappa shape index (κ2) is 7.24. The van der Waals surface area contributed by atoms with E-state index >= 15 is 0 Å². The molecular formula is C16H21BrN2O3. The van der Waals surface area contributed by atoms with Crippen LogP contribution in [0, 0.1) is 0 Å². The number of carbonyl (C=O) groups excluding carboxylic acids is 2. The zero-order chi connectivity index (χ0) is 16.2. The van der Waals surface area contributed by atoms with E-state index in [0.29, 0.717) is 32.5 Å². The number of nitrogens with zero attached hydrogens (tertiary/aromatic N) is 1. The molecule has 2 amide bonds. The Labute approximate surface area is 139 Å².